The summed E-state index contributed by atoms with van der Waals surface area (Å²) in [7, 11) is -3.66. The van der Waals surface area contributed by atoms with Gasteiger partial charge in [-0.3, -0.25) is 4.79 Å². The second kappa shape index (κ2) is 8.54. The Bertz CT molecular complexity index is 1170. The average Bonchev–Trinajstić information content (AvgIpc) is 3.39. The SMILES string of the molecule is O=C1CNC=C1S(=O)(=O)Cc1ccc(OCCc2coc(-c3ccccc3)n2)cc1. The van der Waals surface area contributed by atoms with Crippen LogP contribution in [0, 0.1) is 0 Å². The standard InChI is InChI=1S/C22H20N2O5S/c25-20-12-23-13-21(20)30(26,27)15-16-6-8-19(9-7-16)28-11-10-18-14-29-22(24-18)17-4-2-1-3-5-17/h1-9,13-14,23H,10-12,15H2. The van der Waals surface area contributed by atoms with E-state index >= 15 is 0 Å². The number of hydrogen-bond donors (Lipinski definition) is 1. The van der Waals surface area contributed by atoms with Gasteiger partial charge in [-0.25, -0.2) is 13.4 Å². The summed E-state index contributed by atoms with van der Waals surface area (Å²) in [6.07, 6.45) is 3.46. The fourth-order valence-electron chi connectivity index (χ4n) is 3.05. The zero-order valence-corrected chi connectivity index (χ0v) is 16.9. The molecule has 0 fully saturated rings. The summed E-state index contributed by atoms with van der Waals surface area (Å²) < 4.78 is 35.9. The van der Waals surface area contributed by atoms with E-state index in [9.17, 15) is 13.2 Å². The fraction of sp³-hybridized carbons (Fsp3) is 0.182. The van der Waals surface area contributed by atoms with Crippen molar-refractivity contribution in [2.45, 2.75) is 12.2 Å². The summed E-state index contributed by atoms with van der Waals surface area (Å²) in [5, 5.41) is 2.65. The molecule has 0 spiro atoms. The second-order valence-corrected chi connectivity index (χ2v) is 8.78. The van der Waals surface area contributed by atoms with Gasteiger partial charge in [0.25, 0.3) is 0 Å². The second-order valence-electron chi connectivity index (χ2n) is 6.82. The minimum absolute atomic E-state index is 0.0275. The number of sulfone groups is 1. The number of ketones is 1. The van der Waals surface area contributed by atoms with E-state index in [2.05, 4.69) is 10.3 Å². The zero-order chi connectivity index (χ0) is 21.0. The predicted octanol–water partition coefficient (Wildman–Crippen LogP) is 2.89. The molecule has 30 heavy (non-hydrogen) atoms. The third-order valence-electron chi connectivity index (χ3n) is 4.59. The molecule has 0 unspecified atom stereocenters. The summed E-state index contributed by atoms with van der Waals surface area (Å²) in [6, 6.07) is 16.5. The first-order chi connectivity index (χ1) is 14.5. The van der Waals surface area contributed by atoms with Crippen molar-refractivity contribution in [3.63, 3.8) is 0 Å². The molecular formula is C22H20N2O5S. The van der Waals surface area contributed by atoms with Crippen molar-refractivity contribution in [2.24, 2.45) is 0 Å². The van der Waals surface area contributed by atoms with E-state index in [1.165, 1.54) is 6.20 Å². The van der Waals surface area contributed by atoms with Crippen LogP contribution in [-0.2, 0) is 26.8 Å². The third kappa shape index (κ3) is 4.60. The molecule has 2 heterocycles. The van der Waals surface area contributed by atoms with E-state index in [1.54, 1.807) is 30.5 Å². The number of ether oxygens (including phenoxy) is 1. The van der Waals surface area contributed by atoms with Crippen molar-refractivity contribution < 1.29 is 22.4 Å². The Morgan fingerprint density at radius 3 is 2.53 bits per heavy atom. The molecule has 8 heteroatoms. The van der Waals surface area contributed by atoms with Crippen molar-refractivity contribution in [1.29, 1.82) is 0 Å². The Labute approximate surface area is 174 Å². The highest BCUT2D eigenvalue weighted by Crippen LogP contribution is 2.21. The van der Waals surface area contributed by atoms with Gasteiger partial charge in [0.05, 0.1) is 24.6 Å². The van der Waals surface area contributed by atoms with E-state index < -0.39 is 15.6 Å². The zero-order valence-electron chi connectivity index (χ0n) is 16.1. The molecule has 0 radical (unpaired) electrons. The van der Waals surface area contributed by atoms with Gasteiger partial charge in [-0.1, -0.05) is 30.3 Å². The predicted molar refractivity (Wildman–Crippen MR) is 111 cm³/mol. The largest absolute Gasteiger partial charge is 0.493 e. The Kier molecular flexibility index (Phi) is 5.67. The van der Waals surface area contributed by atoms with Gasteiger partial charge in [0.1, 0.15) is 16.9 Å². The number of rotatable bonds is 8. The number of carbonyl (C=O) groups excluding carboxylic acids is 1. The molecule has 7 nitrogen and oxygen atoms in total. The molecule has 0 saturated carbocycles. The van der Waals surface area contributed by atoms with Crippen LogP contribution in [0.5, 0.6) is 5.75 Å². The number of nitrogens with one attached hydrogen (secondary N) is 1. The number of nitrogens with zero attached hydrogens (tertiary/aromatic N) is 1. The van der Waals surface area contributed by atoms with Crippen LogP contribution in [0.4, 0.5) is 0 Å². The Morgan fingerprint density at radius 1 is 1.07 bits per heavy atom. The minimum Gasteiger partial charge on any atom is -0.493 e. The maximum atomic E-state index is 12.4. The topological polar surface area (TPSA) is 98.5 Å². The first-order valence-corrected chi connectivity index (χ1v) is 11.1. The molecule has 154 valence electrons. The lowest BCUT2D eigenvalue weighted by atomic mass is 10.2. The van der Waals surface area contributed by atoms with Crippen molar-refractivity contribution in [3.05, 3.63) is 83.2 Å². The molecule has 0 amide bonds. The van der Waals surface area contributed by atoms with Crippen LogP contribution in [0.25, 0.3) is 11.5 Å². The highest BCUT2D eigenvalue weighted by Gasteiger charge is 2.28. The van der Waals surface area contributed by atoms with Gasteiger partial charge in [0.15, 0.2) is 15.6 Å². The normalized spacial score (nSPS) is 13.7. The molecule has 2 aromatic carbocycles. The van der Waals surface area contributed by atoms with Crippen molar-refractivity contribution >= 4 is 15.6 Å². The van der Waals surface area contributed by atoms with E-state index in [0.717, 1.165) is 11.3 Å². The Balaban J connectivity index is 1.30. The van der Waals surface area contributed by atoms with Gasteiger partial charge in [-0.2, -0.15) is 0 Å². The number of oxazole rings is 1. The number of carbonyl (C=O) groups is 1. The highest BCUT2D eigenvalue weighted by molar-refractivity contribution is 7.95. The monoisotopic (exact) mass is 424 g/mol. The first kappa shape index (κ1) is 19.9. The van der Waals surface area contributed by atoms with Crippen LogP contribution in [0.2, 0.25) is 0 Å². The maximum Gasteiger partial charge on any atom is 0.226 e. The molecule has 1 aliphatic rings. The van der Waals surface area contributed by atoms with E-state index in [0.29, 0.717) is 30.2 Å². The molecule has 3 aromatic rings. The van der Waals surface area contributed by atoms with Gasteiger partial charge >= 0.3 is 0 Å². The van der Waals surface area contributed by atoms with Crippen LogP contribution >= 0.6 is 0 Å². The number of Topliss-reactive ketones (excluding diaryl/α,β-unsaturated/α-hetero) is 1. The van der Waals surface area contributed by atoms with Crippen molar-refractivity contribution in [3.8, 4) is 17.2 Å². The van der Waals surface area contributed by atoms with Crippen LogP contribution in [-0.4, -0.2) is 32.3 Å². The average molecular weight is 424 g/mol. The lowest BCUT2D eigenvalue weighted by molar-refractivity contribution is -0.113. The molecule has 4 rings (SSSR count). The number of hydrogen-bond acceptors (Lipinski definition) is 7. The lowest BCUT2D eigenvalue weighted by Crippen LogP contribution is -2.15. The quantitative estimate of drug-likeness (QED) is 0.594. The fourth-order valence-corrected chi connectivity index (χ4v) is 4.52. The van der Waals surface area contributed by atoms with E-state index in [-0.39, 0.29) is 17.2 Å². The summed E-state index contributed by atoms with van der Waals surface area (Å²) in [5.74, 6) is 0.564. The summed E-state index contributed by atoms with van der Waals surface area (Å²) in [5.41, 5.74) is 2.30. The van der Waals surface area contributed by atoms with Crippen LogP contribution in [0.1, 0.15) is 11.3 Å². The van der Waals surface area contributed by atoms with Crippen LogP contribution in [0.3, 0.4) is 0 Å². The maximum absolute atomic E-state index is 12.4. The molecule has 0 saturated heterocycles. The van der Waals surface area contributed by atoms with Crippen LogP contribution in [0.15, 0.2) is 76.4 Å². The molecule has 1 aliphatic heterocycles. The number of aromatic nitrogens is 1. The third-order valence-corrected chi connectivity index (χ3v) is 6.31. The first-order valence-electron chi connectivity index (χ1n) is 9.42. The van der Waals surface area contributed by atoms with Crippen molar-refractivity contribution in [2.75, 3.05) is 13.2 Å². The summed E-state index contributed by atoms with van der Waals surface area (Å²) >= 11 is 0. The minimum atomic E-state index is -3.66. The van der Waals surface area contributed by atoms with Crippen molar-refractivity contribution in [1.82, 2.24) is 10.3 Å². The van der Waals surface area contributed by atoms with Gasteiger partial charge in [0.2, 0.25) is 5.89 Å². The van der Waals surface area contributed by atoms with Gasteiger partial charge < -0.3 is 14.5 Å². The Morgan fingerprint density at radius 2 is 1.83 bits per heavy atom. The summed E-state index contributed by atoms with van der Waals surface area (Å²) in [6.45, 7) is 0.436. The molecule has 1 aromatic heterocycles. The van der Waals surface area contributed by atoms with Gasteiger partial charge in [0, 0.05) is 18.2 Å². The number of benzene rings is 2. The Hall–Kier alpha value is -3.39. The molecule has 0 bridgehead atoms. The smallest absolute Gasteiger partial charge is 0.226 e. The van der Waals surface area contributed by atoms with Gasteiger partial charge in [-0.05, 0) is 29.8 Å². The lowest BCUT2D eigenvalue weighted by Gasteiger charge is -2.07. The summed E-state index contributed by atoms with van der Waals surface area (Å²) in [4.78, 5) is 15.9. The molecular weight excluding hydrogens is 404 g/mol. The van der Waals surface area contributed by atoms with Crippen LogP contribution < -0.4 is 10.1 Å². The van der Waals surface area contributed by atoms with E-state index in [4.69, 9.17) is 9.15 Å². The molecule has 0 aliphatic carbocycles. The van der Waals surface area contributed by atoms with Gasteiger partial charge in [-0.15, -0.1) is 0 Å². The molecule has 0 atom stereocenters. The highest BCUT2D eigenvalue weighted by atomic mass is 32.2. The molecule has 1 N–H and O–H groups in total. The van der Waals surface area contributed by atoms with E-state index in [1.807, 2.05) is 30.3 Å².